The van der Waals surface area contributed by atoms with Crippen LogP contribution in [-0.2, 0) is 9.53 Å². The van der Waals surface area contributed by atoms with Crippen LogP contribution in [0.4, 0.5) is 5.95 Å². The molecule has 0 aromatic carbocycles. The van der Waals surface area contributed by atoms with Crippen LogP contribution in [0.2, 0.25) is 0 Å². The molecule has 0 aliphatic carbocycles. The number of methoxy groups -OCH3 is 1. The number of anilines is 1. The van der Waals surface area contributed by atoms with E-state index in [1.807, 2.05) is 0 Å². The molecule has 1 rings (SSSR count). The first-order chi connectivity index (χ1) is 9.17. The van der Waals surface area contributed by atoms with E-state index in [1.165, 1.54) is 0 Å². The summed E-state index contributed by atoms with van der Waals surface area (Å²) in [5, 5.41) is 11.7. The number of aromatic nitrogens is 2. The van der Waals surface area contributed by atoms with Gasteiger partial charge in [0.15, 0.2) is 0 Å². The van der Waals surface area contributed by atoms with Crippen molar-refractivity contribution in [3.05, 3.63) is 18.5 Å². The third kappa shape index (κ3) is 5.62. The van der Waals surface area contributed by atoms with Crippen LogP contribution in [0, 0.1) is 0 Å². The van der Waals surface area contributed by atoms with Crippen molar-refractivity contribution >= 4 is 11.9 Å². The molecule has 0 fully saturated rings. The molecule has 0 saturated carbocycles. The molecule has 1 aromatic rings. The van der Waals surface area contributed by atoms with E-state index in [0.717, 1.165) is 0 Å². The summed E-state index contributed by atoms with van der Waals surface area (Å²) in [5.74, 6) is 0.327. The molecule has 7 heteroatoms. The van der Waals surface area contributed by atoms with Gasteiger partial charge in [0.05, 0.1) is 19.2 Å². The van der Waals surface area contributed by atoms with Gasteiger partial charge in [-0.3, -0.25) is 4.79 Å². The van der Waals surface area contributed by atoms with Crippen LogP contribution in [0.5, 0.6) is 0 Å². The average Bonchev–Trinajstić information content (AvgIpc) is 2.40. The summed E-state index contributed by atoms with van der Waals surface area (Å²) in [4.78, 5) is 21.6. The van der Waals surface area contributed by atoms with E-state index in [1.54, 1.807) is 37.5 Å². The number of aliphatic hydroxyl groups excluding tert-OH is 1. The highest BCUT2D eigenvalue weighted by molar-refractivity contribution is 5.80. The molecule has 0 bridgehead atoms. The summed E-state index contributed by atoms with van der Waals surface area (Å²) < 4.78 is 4.98. The molecule has 1 atom stereocenters. The number of aliphatic hydroxyl groups is 1. The van der Waals surface area contributed by atoms with Crippen LogP contribution in [0.25, 0.3) is 0 Å². The van der Waals surface area contributed by atoms with Crippen molar-refractivity contribution in [2.24, 2.45) is 0 Å². The lowest BCUT2D eigenvalue weighted by atomic mass is 10.2. The number of likely N-dealkylation sites (N-methyl/N-ethyl adjacent to an activating group) is 1. The van der Waals surface area contributed by atoms with E-state index in [4.69, 9.17) is 9.84 Å². The van der Waals surface area contributed by atoms with E-state index < -0.39 is 0 Å². The number of hydrogen-bond acceptors (Lipinski definition) is 6. The summed E-state index contributed by atoms with van der Waals surface area (Å²) in [6, 6.07) is 1.53. The molecular weight excluding hydrogens is 248 g/mol. The normalized spacial score (nSPS) is 11.9. The first kappa shape index (κ1) is 15.3. The summed E-state index contributed by atoms with van der Waals surface area (Å²) >= 11 is 0. The fourth-order valence-corrected chi connectivity index (χ4v) is 1.60. The Kier molecular flexibility index (Phi) is 6.76. The van der Waals surface area contributed by atoms with Crippen LogP contribution >= 0.6 is 0 Å². The predicted molar refractivity (Wildman–Crippen MR) is 70.8 cm³/mol. The van der Waals surface area contributed by atoms with E-state index in [-0.39, 0.29) is 25.1 Å². The smallest absolute Gasteiger partial charge is 0.239 e. The maximum Gasteiger partial charge on any atom is 0.239 e. The molecule has 1 unspecified atom stereocenters. The Morgan fingerprint density at radius 1 is 1.53 bits per heavy atom. The van der Waals surface area contributed by atoms with Gasteiger partial charge in [-0.1, -0.05) is 0 Å². The van der Waals surface area contributed by atoms with Crippen LogP contribution in [-0.4, -0.2) is 60.9 Å². The lowest BCUT2D eigenvalue weighted by molar-refractivity contribution is -0.120. The number of ether oxygens (including phenoxy) is 1. The third-order valence-corrected chi connectivity index (χ3v) is 2.48. The molecule has 0 aliphatic heterocycles. The molecule has 0 aliphatic rings. The van der Waals surface area contributed by atoms with Gasteiger partial charge in [-0.2, -0.15) is 0 Å². The number of carbonyl (C=O) groups is 1. The van der Waals surface area contributed by atoms with Crippen LogP contribution in [0.3, 0.4) is 0 Å². The molecule has 106 valence electrons. The zero-order chi connectivity index (χ0) is 14.1. The van der Waals surface area contributed by atoms with Crippen LogP contribution in [0.1, 0.15) is 6.42 Å². The quantitative estimate of drug-likeness (QED) is 0.656. The van der Waals surface area contributed by atoms with Crippen LogP contribution in [0.15, 0.2) is 18.5 Å². The summed E-state index contributed by atoms with van der Waals surface area (Å²) in [5.41, 5.74) is 0. The van der Waals surface area contributed by atoms with Gasteiger partial charge in [-0.15, -0.1) is 0 Å². The highest BCUT2D eigenvalue weighted by Crippen LogP contribution is 2.01. The molecule has 0 spiro atoms. The lowest BCUT2D eigenvalue weighted by Crippen LogP contribution is -2.43. The molecule has 1 aromatic heterocycles. The van der Waals surface area contributed by atoms with Gasteiger partial charge in [0, 0.05) is 33.2 Å². The number of nitrogens with one attached hydrogen (secondary N) is 1. The highest BCUT2D eigenvalue weighted by atomic mass is 16.5. The second kappa shape index (κ2) is 8.39. The van der Waals surface area contributed by atoms with Crippen molar-refractivity contribution in [3.63, 3.8) is 0 Å². The second-order valence-electron chi connectivity index (χ2n) is 4.14. The zero-order valence-corrected chi connectivity index (χ0v) is 11.2. The Balaban J connectivity index is 2.45. The van der Waals surface area contributed by atoms with Crippen LogP contribution < -0.4 is 10.2 Å². The first-order valence-corrected chi connectivity index (χ1v) is 6.04. The van der Waals surface area contributed by atoms with Crippen molar-refractivity contribution in [3.8, 4) is 0 Å². The van der Waals surface area contributed by atoms with Gasteiger partial charge >= 0.3 is 0 Å². The largest absolute Gasteiger partial charge is 0.396 e. The maximum absolute atomic E-state index is 11.8. The van der Waals surface area contributed by atoms with E-state index in [9.17, 15) is 4.79 Å². The lowest BCUT2D eigenvalue weighted by Gasteiger charge is -2.20. The zero-order valence-electron chi connectivity index (χ0n) is 11.2. The fraction of sp³-hybridized carbons (Fsp3) is 0.583. The van der Waals surface area contributed by atoms with Gasteiger partial charge in [0.25, 0.3) is 0 Å². The third-order valence-electron chi connectivity index (χ3n) is 2.48. The van der Waals surface area contributed by atoms with Gasteiger partial charge in [-0.05, 0) is 12.5 Å². The van der Waals surface area contributed by atoms with Crippen molar-refractivity contribution in [1.82, 2.24) is 15.3 Å². The minimum atomic E-state index is -0.187. The molecule has 19 heavy (non-hydrogen) atoms. The molecule has 7 nitrogen and oxygen atoms in total. The SMILES string of the molecule is COCC(CCO)NC(=O)CN(C)c1ncccn1. The minimum Gasteiger partial charge on any atom is -0.396 e. The maximum atomic E-state index is 11.8. The van der Waals surface area contributed by atoms with E-state index in [0.29, 0.717) is 19.0 Å². The highest BCUT2D eigenvalue weighted by Gasteiger charge is 2.14. The van der Waals surface area contributed by atoms with Crippen molar-refractivity contribution in [2.45, 2.75) is 12.5 Å². The molecule has 0 radical (unpaired) electrons. The monoisotopic (exact) mass is 268 g/mol. The molecule has 2 N–H and O–H groups in total. The Hall–Kier alpha value is -1.73. The Morgan fingerprint density at radius 2 is 2.21 bits per heavy atom. The molecule has 1 heterocycles. The Bertz CT molecular complexity index is 368. The molecule has 0 saturated heterocycles. The van der Waals surface area contributed by atoms with Gasteiger partial charge in [0.2, 0.25) is 11.9 Å². The van der Waals surface area contributed by atoms with Crippen molar-refractivity contribution < 1.29 is 14.6 Å². The Labute approximate surface area is 112 Å². The van der Waals surface area contributed by atoms with E-state index in [2.05, 4.69) is 15.3 Å². The minimum absolute atomic E-state index is 0.00590. The topological polar surface area (TPSA) is 87.6 Å². The second-order valence-corrected chi connectivity index (χ2v) is 4.14. The standard InChI is InChI=1S/C12H20N4O3/c1-16(12-13-5-3-6-14-12)8-11(18)15-10(4-7-17)9-19-2/h3,5-6,10,17H,4,7-9H2,1-2H3,(H,15,18). The number of nitrogens with zero attached hydrogens (tertiary/aromatic N) is 3. The summed E-state index contributed by atoms with van der Waals surface area (Å²) in [6.45, 7) is 0.527. The number of hydrogen-bond donors (Lipinski definition) is 2. The molecular formula is C12H20N4O3. The van der Waals surface area contributed by atoms with Gasteiger partial charge < -0.3 is 20.1 Å². The average molecular weight is 268 g/mol. The van der Waals surface area contributed by atoms with Crippen molar-refractivity contribution in [1.29, 1.82) is 0 Å². The number of amides is 1. The van der Waals surface area contributed by atoms with Gasteiger partial charge in [-0.25, -0.2) is 9.97 Å². The van der Waals surface area contributed by atoms with E-state index >= 15 is 0 Å². The Morgan fingerprint density at radius 3 is 2.79 bits per heavy atom. The predicted octanol–water partition coefficient (Wildman–Crippen LogP) is -0.574. The first-order valence-electron chi connectivity index (χ1n) is 6.04. The van der Waals surface area contributed by atoms with Crippen molar-refractivity contribution in [2.75, 3.05) is 38.8 Å². The fourth-order valence-electron chi connectivity index (χ4n) is 1.60. The number of carbonyl (C=O) groups excluding carboxylic acids is 1. The summed E-state index contributed by atoms with van der Waals surface area (Å²) in [7, 11) is 3.30. The summed E-state index contributed by atoms with van der Waals surface area (Å²) in [6.07, 6.45) is 3.71. The molecule has 1 amide bonds. The number of rotatable bonds is 8. The van der Waals surface area contributed by atoms with Gasteiger partial charge in [0.1, 0.15) is 0 Å².